The van der Waals surface area contributed by atoms with Crippen LogP contribution in [0.4, 0.5) is 0 Å². The van der Waals surface area contributed by atoms with Gasteiger partial charge in [0.2, 0.25) is 0 Å². The lowest BCUT2D eigenvalue weighted by Gasteiger charge is -2.07. The van der Waals surface area contributed by atoms with E-state index >= 15 is 0 Å². The molecule has 0 bridgehead atoms. The van der Waals surface area contributed by atoms with Gasteiger partial charge >= 0.3 is 5.97 Å². The van der Waals surface area contributed by atoms with Crippen LogP contribution < -0.4 is 10.1 Å². The number of carbonyl (C=O) groups excluding carboxylic acids is 2. The van der Waals surface area contributed by atoms with Crippen molar-refractivity contribution in [3.8, 4) is 22.6 Å². The second-order valence-electron chi connectivity index (χ2n) is 5.60. The summed E-state index contributed by atoms with van der Waals surface area (Å²) in [5, 5.41) is 2.52. The second kappa shape index (κ2) is 8.18. The molecular weight excluding hydrogens is 346 g/mol. The molecule has 0 atom stereocenters. The Morgan fingerprint density at radius 3 is 2.56 bits per heavy atom. The minimum absolute atomic E-state index is 0.277. The molecule has 2 heterocycles. The van der Waals surface area contributed by atoms with Crippen LogP contribution in [-0.2, 0) is 4.74 Å². The third-order valence-corrected chi connectivity index (χ3v) is 3.79. The van der Waals surface area contributed by atoms with E-state index in [1.807, 2.05) is 24.3 Å². The summed E-state index contributed by atoms with van der Waals surface area (Å²) in [7, 11) is 1.55. The fourth-order valence-corrected chi connectivity index (χ4v) is 2.47. The normalized spacial score (nSPS) is 10.3. The third-order valence-electron chi connectivity index (χ3n) is 3.79. The van der Waals surface area contributed by atoms with Crippen molar-refractivity contribution in [2.75, 3.05) is 13.7 Å². The van der Waals surface area contributed by atoms with Crippen LogP contribution in [0.2, 0.25) is 0 Å². The van der Waals surface area contributed by atoms with Crippen LogP contribution in [-0.4, -0.2) is 35.5 Å². The van der Waals surface area contributed by atoms with Crippen LogP contribution in [0.15, 0.2) is 54.9 Å². The SMILES string of the molecule is CCOC(=O)c1cc(-c2ccc(Oc3ccnc(C(=O)NC)c3)cc2)c[nH]1. The smallest absolute Gasteiger partial charge is 0.354 e. The van der Waals surface area contributed by atoms with E-state index < -0.39 is 0 Å². The number of carbonyl (C=O) groups is 2. The van der Waals surface area contributed by atoms with Crippen molar-refractivity contribution in [1.82, 2.24) is 15.3 Å². The highest BCUT2D eigenvalue weighted by Crippen LogP contribution is 2.26. The first-order chi connectivity index (χ1) is 13.1. The van der Waals surface area contributed by atoms with E-state index in [1.165, 1.54) is 6.20 Å². The highest BCUT2D eigenvalue weighted by Gasteiger charge is 2.11. The molecule has 0 aliphatic heterocycles. The van der Waals surface area contributed by atoms with E-state index in [0.717, 1.165) is 11.1 Å². The largest absolute Gasteiger partial charge is 0.461 e. The minimum Gasteiger partial charge on any atom is -0.461 e. The molecule has 0 radical (unpaired) electrons. The molecule has 1 aromatic carbocycles. The molecule has 3 rings (SSSR count). The van der Waals surface area contributed by atoms with Gasteiger partial charge in [-0.3, -0.25) is 9.78 Å². The van der Waals surface area contributed by atoms with Gasteiger partial charge in [-0.25, -0.2) is 4.79 Å². The van der Waals surface area contributed by atoms with E-state index in [4.69, 9.17) is 9.47 Å². The zero-order valence-corrected chi connectivity index (χ0v) is 15.0. The van der Waals surface area contributed by atoms with Gasteiger partial charge in [-0.15, -0.1) is 0 Å². The molecule has 27 heavy (non-hydrogen) atoms. The fraction of sp³-hybridized carbons (Fsp3) is 0.150. The number of H-pyrrole nitrogens is 1. The zero-order chi connectivity index (χ0) is 19.2. The Morgan fingerprint density at radius 2 is 1.85 bits per heavy atom. The van der Waals surface area contributed by atoms with Crippen molar-refractivity contribution >= 4 is 11.9 Å². The molecule has 0 saturated heterocycles. The summed E-state index contributed by atoms with van der Waals surface area (Å²) in [4.78, 5) is 30.3. The van der Waals surface area contributed by atoms with Crippen molar-refractivity contribution in [2.24, 2.45) is 0 Å². The van der Waals surface area contributed by atoms with E-state index in [-0.39, 0.29) is 17.6 Å². The summed E-state index contributed by atoms with van der Waals surface area (Å²) < 4.78 is 10.8. The molecule has 0 aliphatic carbocycles. The van der Waals surface area contributed by atoms with E-state index in [0.29, 0.717) is 23.8 Å². The van der Waals surface area contributed by atoms with Crippen LogP contribution >= 0.6 is 0 Å². The van der Waals surface area contributed by atoms with Gasteiger partial charge in [0, 0.05) is 25.5 Å². The van der Waals surface area contributed by atoms with Crippen LogP contribution in [0.1, 0.15) is 27.9 Å². The maximum Gasteiger partial charge on any atom is 0.354 e. The molecule has 1 amide bonds. The summed E-state index contributed by atoms with van der Waals surface area (Å²) in [6.07, 6.45) is 3.27. The number of nitrogens with zero attached hydrogens (tertiary/aromatic N) is 1. The number of ether oxygens (including phenoxy) is 2. The summed E-state index contributed by atoms with van der Waals surface area (Å²) in [5.41, 5.74) is 2.49. The van der Waals surface area contributed by atoms with Crippen molar-refractivity contribution in [2.45, 2.75) is 6.92 Å². The van der Waals surface area contributed by atoms with E-state index in [1.54, 1.807) is 38.4 Å². The van der Waals surface area contributed by atoms with Crippen molar-refractivity contribution in [3.63, 3.8) is 0 Å². The van der Waals surface area contributed by atoms with Gasteiger partial charge in [0.25, 0.3) is 5.91 Å². The number of benzene rings is 1. The van der Waals surface area contributed by atoms with Crippen LogP contribution in [0, 0.1) is 0 Å². The van der Waals surface area contributed by atoms with Crippen molar-refractivity contribution in [1.29, 1.82) is 0 Å². The van der Waals surface area contributed by atoms with Crippen molar-refractivity contribution in [3.05, 3.63) is 66.2 Å². The standard InChI is InChI=1S/C20H19N3O4/c1-3-26-20(25)18-10-14(12-23-18)13-4-6-15(7-5-13)27-16-8-9-22-17(11-16)19(24)21-2/h4-12,23H,3H2,1-2H3,(H,21,24). The second-order valence-corrected chi connectivity index (χ2v) is 5.60. The molecular formula is C20H19N3O4. The molecule has 7 heteroatoms. The average molecular weight is 365 g/mol. The molecule has 3 aromatic rings. The average Bonchev–Trinajstić information content (AvgIpc) is 3.19. The molecule has 0 fully saturated rings. The Labute approximate surface area is 156 Å². The number of aromatic nitrogens is 2. The van der Waals surface area contributed by atoms with Gasteiger partial charge in [0.15, 0.2) is 0 Å². The lowest BCUT2D eigenvalue weighted by molar-refractivity contribution is 0.0520. The fourth-order valence-electron chi connectivity index (χ4n) is 2.47. The Balaban J connectivity index is 1.72. The molecule has 2 aromatic heterocycles. The van der Waals surface area contributed by atoms with Crippen LogP contribution in [0.3, 0.4) is 0 Å². The lowest BCUT2D eigenvalue weighted by Crippen LogP contribution is -2.18. The van der Waals surface area contributed by atoms with Crippen LogP contribution in [0.5, 0.6) is 11.5 Å². The monoisotopic (exact) mass is 365 g/mol. The quantitative estimate of drug-likeness (QED) is 0.653. The Bertz CT molecular complexity index is 948. The van der Waals surface area contributed by atoms with E-state index in [2.05, 4.69) is 15.3 Å². The number of nitrogens with one attached hydrogen (secondary N) is 2. The number of amides is 1. The number of pyridine rings is 1. The molecule has 0 spiro atoms. The number of aromatic amines is 1. The summed E-state index contributed by atoms with van der Waals surface area (Å²) in [6.45, 7) is 2.09. The minimum atomic E-state index is -0.381. The van der Waals surface area contributed by atoms with Gasteiger partial charge in [-0.1, -0.05) is 12.1 Å². The summed E-state index contributed by atoms with van der Waals surface area (Å²) in [5.74, 6) is 0.477. The Hall–Kier alpha value is -3.61. The van der Waals surface area contributed by atoms with Gasteiger partial charge < -0.3 is 19.8 Å². The predicted molar refractivity (Wildman–Crippen MR) is 99.9 cm³/mol. The van der Waals surface area contributed by atoms with Crippen molar-refractivity contribution < 1.29 is 19.1 Å². The third kappa shape index (κ3) is 4.33. The van der Waals surface area contributed by atoms with E-state index in [9.17, 15) is 9.59 Å². The maximum atomic E-state index is 11.7. The molecule has 2 N–H and O–H groups in total. The summed E-state index contributed by atoms with van der Waals surface area (Å²) >= 11 is 0. The molecule has 0 aliphatic rings. The van der Waals surface area contributed by atoms with Gasteiger partial charge in [0.1, 0.15) is 22.9 Å². The number of esters is 1. The number of rotatable bonds is 6. The van der Waals surface area contributed by atoms with Crippen LogP contribution in [0.25, 0.3) is 11.1 Å². The first kappa shape index (κ1) is 18.2. The van der Waals surface area contributed by atoms with Gasteiger partial charge in [0.05, 0.1) is 6.61 Å². The highest BCUT2D eigenvalue weighted by atomic mass is 16.5. The number of hydrogen-bond acceptors (Lipinski definition) is 5. The topological polar surface area (TPSA) is 93.3 Å². The maximum absolute atomic E-state index is 11.7. The van der Waals surface area contributed by atoms with Gasteiger partial charge in [-0.05, 0) is 42.3 Å². The Kier molecular flexibility index (Phi) is 5.51. The first-order valence-electron chi connectivity index (χ1n) is 8.42. The predicted octanol–water partition coefficient (Wildman–Crippen LogP) is 3.41. The summed E-state index contributed by atoms with van der Waals surface area (Å²) in [6, 6.07) is 12.4. The zero-order valence-electron chi connectivity index (χ0n) is 15.0. The molecule has 0 saturated carbocycles. The molecule has 0 unspecified atom stereocenters. The molecule has 138 valence electrons. The van der Waals surface area contributed by atoms with Gasteiger partial charge in [-0.2, -0.15) is 0 Å². The number of hydrogen-bond donors (Lipinski definition) is 2. The highest BCUT2D eigenvalue weighted by molar-refractivity contribution is 5.92. The lowest BCUT2D eigenvalue weighted by atomic mass is 10.1. The first-order valence-corrected chi connectivity index (χ1v) is 8.42. The molecule has 7 nitrogen and oxygen atoms in total. The Morgan fingerprint density at radius 1 is 1.07 bits per heavy atom.